The molecule has 3 aromatic rings. The fourth-order valence-electron chi connectivity index (χ4n) is 2.91. The lowest BCUT2D eigenvalue weighted by atomic mass is 10.2. The second-order valence-electron chi connectivity index (χ2n) is 5.99. The highest BCUT2D eigenvalue weighted by Crippen LogP contribution is 2.17. The number of anilines is 2. The molecule has 0 bridgehead atoms. The molecule has 1 aliphatic heterocycles. The van der Waals surface area contributed by atoms with Crippen molar-refractivity contribution in [2.75, 3.05) is 12.4 Å². The maximum Gasteiger partial charge on any atom is 0.358 e. The SMILES string of the molecule is COC(=O)c1ccc(Nc2cnn(Cc3nnc4n3CCCC4)c2)nn1. The summed E-state index contributed by atoms with van der Waals surface area (Å²) in [6, 6.07) is 3.21. The Kier molecular flexibility index (Phi) is 4.30. The van der Waals surface area contributed by atoms with E-state index in [-0.39, 0.29) is 5.69 Å². The Balaban J connectivity index is 1.43. The number of methoxy groups -OCH3 is 1. The third-order valence-corrected chi connectivity index (χ3v) is 4.20. The van der Waals surface area contributed by atoms with Crippen molar-refractivity contribution in [2.24, 2.45) is 0 Å². The predicted molar refractivity (Wildman–Crippen MR) is 90.9 cm³/mol. The van der Waals surface area contributed by atoms with Crippen LogP contribution in [-0.4, -0.2) is 47.8 Å². The van der Waals surface area contributed by atoms with Crippen LogP contribution in [0.1, 0.15) is 35.0 Å². The smallest absolute Gasteiger partial charge is 0.358 e. The molecule has 0 atom stereocenters. The Bertz CT molecular complexity index is 915. The van der Waals surface area contributed by atoms with E-state index in [1.165, 1.54) is 13.5 Å². The van der Waals surface area contributed by atoms with Crippen LogP contribution in [0.25, 0.3) is 0 Å². The van der Waals surface area contributed by atoms with Crippen LogP contribution in [0.3, 0.4) is 0 Å². The lowest BCUT2D eigenvalue weighted by Gasteiger charge is -2.14. The van der Waals surface area contributed by atoms with Gasteiger partial charge in [-0.15, -0.1) is 20.4 Å². The predicted octanol–water partition coefficient (Wildman–Crippen LogP) is 1.18. The van der Waals surface area contributed by atoms with E-state index in [2.05, 4.69) is 40.1 Å². The molecule has 0 radical (unpaired) electrons. The molecule has 1 aliphatic rings. The molecule has 134 valence electrons. The fourth-order valence-corrected chi connectivity index (χ4v) is 2.91. The lowest BCUT2D eigenvalue weighted by Crippen LogP contribution is -2.15. The van der Waals surface area contributed by atoms with Crippen LogP contribution >= 0.6 is 0 Å². The molecular weight excluding hydrogens is 336 g/mol. The quantitative estimate of drug-likeness (QED) is 0.680. The molecule has 0 unspecified atom stereocenters. The highest BCUT2D eigenvalue weighted by molar-refractivity contribution is 5.87. The number of aromatic nitrogens is 7. The summed E-state index contributed by atoms with van der Waals surface area (Å²) in [7, 11) is 1.30. The molecule has 4 rings (SSSR count). The molecule has 10 heteroatoms. The summed E-state index contributed by atoms with van der Waals surface area (Å²) in [4.78, 5) is 11.4. The van der Waals surface area contributed by atoms with Gasteiger partial charge in [0.15, 0.2) is 17.3 Å². The van der Waals surface area contributed by atoms with E-state index in [1.54, 1.807) is 23.0 Å². The van der Waals surface area contributed by atoms with E-state index in [0.717, 1.165) is 36.7 Å². The minimum Gasteiger partial charge on any atom is -0.464 e. The third-order valence-electron chi connectivity index (χ3n) is 4.20. The molecule has 3 aromatic heterocycles. The summed E-state index contributed by atoms with van der Waals surface area (Å²) in [5, 5.41) is 23.8. The van der Waals surface area contributed by atoms with Crippen molar-refractivity contribution >= 4 is 17.5 Å². The summed E-state index contributed by atoms with van der Waals surface area (Å²) in [6.07, 6.45) is 6.87. The van der Waals surface area contributed by atoms with Gasteiger partial charge >= 0.3 is 5.97 Å². The van der Waals surface area contributed by atoms with Crippen molar-refractivity contribution in [1.82, 2.24) is 34.7 Å². The Hall–Kier alpha value is -3.30. The molecule has 0 aromatic carbocycles. The van der Waals surface area contributed by atoms with E-state index in [1.807, 2.05) is 6.20 Å². The molecule has 10 nitrogen and oxygen atoms in total. The number of hydrogen-bond acceptors (Lipinski definition) is 8. The van der Waals surface area contributed by atoms with Crippen molar-refractivity contribution in [2.45, 2.75) is 32.4 Å². The average Bonchev–Trinajstić information content (AvgIpc) is 3.29. The van der Waals surface area contributed by atoms with Gasteiger partial charge in [0.1, 0.15) is 12.4 Å². The van der Waals surface area contributed by atoms with Gasteiger partial charge in [-0.25, -0.2) is 4.79 Å². The van der Waals surface area contributed by atoms with Crippen molar-refractivity contribution in [3.63, 3.8) is 0 Å². The number of nitrogens with zero attached hydrogens (tertiary/aromatic N) is 7. The summed E-state index contributed by atoms with van der Waals surface area (Å²) in [5.74, 6) is 1.96. The largest absolute Gasteiger partial charge is 0.464 e. The maximum absolute atomic E-state index is 11.4. The normalized spacial score (nSPS) is 13.3. The highest BCUT2D eigenvalue weighted by Gasteiger charge is 2.16. The van der Waals surface area contributed by atoms with Crippen LogP contribution < -0.4 is 5.32 Å². The third kappa shape index (κ3) is 3.25. The summed E-state index contributed by atoms with van der Waals surface area (Å²) < 4.78 is 8.57. The van der Waals surface area contributed by atoms with Crippen LogP contribution in [0.15, 0.2) is 24.5 Å². The lowest BCUT2D eigenvalue weighted by molar-refractivity contribution is 0.0593. The molecule has 0 fully saturated rings. The highest BCUT2D eigenvalue weighted by atomic mass is 16.5. The number of aryl methyl sites for hydroxylation is 1. The molecule has 1 N–H and O–H groups in total. The van der Waals surface area contributed by atoms with E-state index in [9.17, 15) is 4.79 Å². The number of hydrogen-bond donors (Lipinski definition) is 1. The number of esters is 1. The molecule has 0 spiro atoms. The van der Waals surface area contributed by atoms with Crippen LogP contribution in [0.5, 0.6) is 0 Å². The van der Waals surface area contributed by atoms with Crippen molar-refractivity contribution in [3.05, 3.63) is 41.9 Å². The maximum atomic E-state index is 11.4. The second-order valence-corrected chi connectivity index (χ2v) is 5.99. The summed E-state index contributed by atoms with van der Waals surface area (Å²) in [5.41, 5.74) is 0.925. The molecule has 26 heavy (non-hydrogen) atoms. The number of carbonyl (C=O) groups is 1. The Morgan fingerprint density at radius 2 is 2.15 bits per heavy atom. The van der Waals surface area contributed by atoms with Crippen molar-refractivity contribution in [1.29, 1.82) is 0 Å². The molecule has 0 saturated heterocycles. The Labute approximate surface area is 149 Å². The van der Waals surface area contributed by atoms with Gasteiger partial charge in [0.25, 0.3) is 0 Å². The zero-order chi connectivity index (χ0) is 17.9. The van der Waals surface area contributed by atoms with Crippen LogP contribution in [0.4, 0.5) is 11.5 Å². The van der Waals surface area contributed by atoms with E-state index in [0.29, 0.717) is 12.4 Å². The van der Waals surface area contributed by atoms with Crippen molar-refractivity contribution < 1.29 is 9.53 Å². The van der Waals surface area contributed by atoms with E-state index < -0.39 is 5.97 Å². The van der Waals surface area contributed by atoms with Crippen LogP contribution in [-0.2, 0) is 24.2 Å². The Morgan fingerprint density at radius 3 is 2.96 bits per heavy atom. The molecule has 0 saturated carbocycles. The van der Waals surface area contributed by atoms with E-state index in [4.69, 9.17) is 0 Å². The Morgan fingerprint density at radius 1 is 1.23 bits per heavy atom. The summed E-state index contributed by atoms with van der Waals surface area (Å²) >= 11 is 0. The average molecular weight is 354 g/mol. The second kappa shape index (κ2) is 6.90. The van der Waals surface area contributed by atoms with Gasteiger partial charge in [0, 0.05) is 19.2 Å². The number of fused-ring (bicyclic) bond motifs is 1. The topological polar surface area (TPSA) is 113 Å². The zero-order valence-corrected chi connectivity index (χ0v) is 14.3. The first-order valence-corrected chi connectivity index (χ1v) is 8.35. The number of ether oxygens (including phenoxy) is 1. The number of nitrogens with one attached hydrogen (secondary N) is 1. The first-order chi connectivity index (χ1) is 12.7. The minimum atomic E-state index is -0.520. The minimum absolute atomic E-state index is 0.158. The fraction of sp³-hybridized carbons (Fsp3) is 0.375. The molecular formula is C16H18N8O2. The van der Waals surface area contributed by atoms with Gasteiger partial charge in [-0.1, -0.05) is 0 Å². The van der Waals surface area contributed by atoms with Gasteiger partial charge in [-0.2, -0.15) is 5.10 Å². The number of rotatable bonds is 5. The molecule has 4 heterocycles. The standard InChI is InChI=1S/C16H18N8O2/c1-26-16(25)12-5-6-13(20-19-12)18-11-8-17-23(9-11)10-15-22-21-14-4-2-3-7-24(14)15/h5-6,8-9H,2-4,7,10H2,1H3,(H,18,20). The van der Waals surface area contributed by atoms with Gasteiger partial charge in [0.2, 0.25) is 0 Å². The summed E-state index contributed by atoms with van der Waals surface area (Å²) in [6.45, 7) is 1.52. The van der Waals surface area contributed by atoms with Gasteiger partial charge < -0.3 is 14.6 Å². The van der Waals surface area contributed by atoms with Gasteiger partial charge in [-0.05, 0) is 25.0 Å². The zero-order valence-electron chi connectivity index (χ0n) is 14.3. The van der Waals surface area contributed by atoms with E-state index >= 15 is 0 Å². The monoisotopic (exact) mass is 354 g/mol. The molecule has 0 amide bonds. The van der Waals surface area contributed by atoms with Gasteiger partial charge in [0.05, 0.1) is 19.0 Å². The molecule has 0 aliphatic carbocycles. The first kappa shape index (κ1) is 16.2. The first-order valence-electron chi connectivity index (χ1n) is 8.35. The van der Waals surface area contributed by atoms with Crippen LogP contribution in [0.2, 0.25) is 0 Å². The van der Waals surface area contributed by atoms with Gasteiger partial charge in [-0.3, -0.25) is 4.68 Å². The van der Waals surface area contributed by atoms with Crippen LogP contribution in [0, 0.1) is 0 Å². The number of carbonyl (C=O) groups excluding carboxylic acids is 1. The van der Waals surface area contributed by atoms with Crippen molar-refractivity contribution in [3.8, 4) is 0 Å².